The molecule has 134 valence electrons. The van der Waals surface area contributed by atoms with E-state index < -0.39 is 24.2 Å². The van der Waals surface area contributed by atoms with E-state index in [0.29, 0.717) is 18.7 Å². The van der Waals surface area contributed by atoms with Crippen LogP contribution in [-0.4, -0.2) is 33.2 Å². The summed E-state index contributed by atoms with van der Waals surface area (Å²) in [4.78, 5) is 40.8. The van der Waals surface area contributed by atoms with Gasteiger partial charge in [0.2, 0.25) is 11.7 Å². The van der Waals surface area contributed by atoms with Crippen LogP contribution in [0.4, 0.5) is 4.79 Å². The number of carbonyl (C=O) groups is 2. The van der Waals surface area contributed by atoms with Crippen molar-refractivity contribution in [2.75, 3.05) is 6.54 Å². The zero-order chi connectivity index (χ0) is 18.4. The Kier molecular flexibility index (Phi) is 5.54. The number of amides is 3. The van der Waals surface area contributed by atoms with Gasteiger partial charge in [-0.3, -0.25) is 19.6 Å². The van der Waals surface area contributed by atoms with Crippen LogP contribution in [0.1, 0.15) is 4.88 Å². The molecule has 0 saturated carbocycles. The van der Waals surface area contributed by atoms with Gasteiger partial charge in [-0.1, -0.05) is 17.3 Å². The predicted molar refractivity (Wildman–Crippen MR) is 93.6 cm³/mol. The summed E-state index contributed by atoms with van der Waals surface area (Å²) in [6.45, 7) is -0.0153. The van der Waals surface area contributed by atoms with E-state index in [-0.39, 0.29) is 5.82 Å². The van der Waals surface area contributed by atoms with Crippen LogP contribution in [0, 0.1) is 0 Å². The Morgan fingerprint density at radius 3 is 2.85 bits per heavy atom. The maximum absolute atomic E-state index is 12.0. The summed E-state index contributed by atoms with van der Waals surface area (Å²) in [7, 11) is 0. The summed E-state index contributed by atoms with van der Waals surface area (Å²) in [5.41, 5.74) is 0.381. The minimum absolute atomic E-state index is 0.115. The maximum atomic E-state index is 12.0. The van der Waals surface area contributed by atoms with Crippen LogP contribution in [0.5, 0.6) is 0 Å². The van der Waals surface area contributed by atoms with Crippen LogP contribution < -0.4 is 16.4 Å². The zero-order valence-electron chi connectivity index (χ0n) is 13.5. The van der Waals surface area contributed by atoms with Crippen LogP contribution in [0.15, 0.2) is 51.2 Å². The molecule has 0 aromatic carbocycles. The number of hydrogen-bond acceptors (Lipinski definition) is 7. The molecule has 26 heavy (non-hydrogen) atoms. The highest BCUT2D eigenvalue weighted by Gasteiger charge is 2.17. The van der Waals surface area contributed by atoms with E-state index in [1.54, 1.807) is 29.5 Å². The van der Waals surface area contributed by atoms with Crippen LogP contribution in [0.25, 0.3) is 11.5 Å². The summed E-state index contributed by atoms with van der Waals surface area (Å²) >= 11 is 1.59. The molecule has 0 atom stereocenters. The maximum Gasteiger partial charge on any atom is 0.442 e. The van der Waals surface area contributed by atoms with Gasteiger partial charge < -0.3 is 5.32 Å². The van der Waals surface area contributed by atoms with Crippen molar-refractivity contribution >= 4 is 23.3 Å². The first-order valence-corrected chi connectivity index (χ1v) is 8.59. The molecule has 0 radical (unpaired) electrons. The van der Waals surface area contributed by atoms with E-state index in [1.165, 1.54) is 6.20 Å². The number of nitrogens with one attached hydrogen (secondary N) is 2. The lowest BCUT2D eigenvalue weighted by molar-refractivity contribution is -0.120. The summed E-state index contributed by atoms with van der Waals surface area (Å²) in [6.07, 6.45) is 2.20. The number of pyridine rings is 1. The SMILES string of the molecule is O=C(Cn1c(-c2ccccn2)noc1=O)NC(=O)NCCc1cccs1. The minimum Gasteiger partial charge on any atom is -0.337 e. The number of aromatic nitrogens is 3. The quantitative estimate of drug-likeness (QED) is 0.666. The van der Waals surface area contributed by atoms with Gasteiger partial charge in [-0.25, -0.2) is 14.2 Å². The molecule has 3 aromatic heterocycles. The lowest BCUT2D eigenvalue weighted by atomic mass is 10.3. The van der Waals surface area contributed by atoms with Crippen molar-refractivity contribution in [2.45, 2.75) is 13.0 Å². The van der Waals surface area contributed by atoms with E-state index in [1.807, 2.05) is 17.5 Å². The van der Waals surface area contributed by atoms with E-state index in [0.717, 1.165) is 9.44 Å². The highest BCUT2D eigenvalue weighted by molar-refractivity contribution is 7.09. The van der Waals surface area contributed by atoms with Gasteiger partial charge >= 0.3 is 11.8 Å². The molecule has 3 rings (SSSR count). The molecule has 0 aliphatic heterocycles. The van der Waals surface area contributed by atoms with Gasteiger partial charge in [0.1, 0.15) is 12.2 Å². The minimum atomic E-state index is -0.807. The second-order valence-electron chi connectivity index (χ2n) is 5.21. The molecule has 3 amide bonds. The zero-order valence-corrected chi connectivity index (χ0v) is 14.4. The number of carbonyl (C=O) groups excluding carboxylic acids is 2. The number of thiophene rings is 1. The number of urea groups is 1. The molecule has 10 heteroatoms. The van der Waals surface area contributed by atoms with E-state index in [4.69, 9.17) is 0 Å². The first kappa shape index (κ1) is 17.5. The summed E-state index contributed by atoms with van der Waals surface area (Å²) in [6, 6.07) is 8.32. The number of nitrogens with zero attached hydrogens (tertiary/aromatic N) is 3. The third-order valence-electron chi connectivity index (χ3n) is 3.37. The fourth-order valence-corrected chi connectivity index (χ4v) is 2.90. The van der Waals surface area contributed by atoms with E-state index in [9.17, 15) is 14.4 Å². The van der Waals surface area contributed by atoms with Crippen LogP contribution in [-0.2, 0) is 17.8 Å². The van der Waals surface area contributed by atoms with Crippen molar-refractivity contribution in [3.05, 3.63) is 57.3 Å². The third kappa shape index (κ3) is 4.42. The highest BCUT2D eigenvalue weighted by atomic mass is 32.1. The summed E-state index contributed by atoms with van der Waals surface area (Å²) in [5.74, 6) is -1.36. The molecule has 3 heterocycles. The normalized spacial score (nSPS) is 10.5. The predicted octanol–water partition coefficient (Wildman–Crippen LogP) is 1.03. The van der Waals surface area contributed by atoms with Gasteiger partial charge in [0, 0.05) is 17.6 Å². The van der Waals surface area contributed by atoms with Gasteiger partial charge in [0.15, 0.2) is 0 Å². The highest BCUT2D eigenvalue weighted by Crippen LogP contribution is 2.11. The molecule has 0 aliphatic rings. The average molecular weight is 373 g/mol. The fourth-order valence-electron chi connectivity index (χ4n) is 2.19. The molecular weight excluding hydrogens is 358 g/mol. The summed E-state index contributed by atoms with van der Waals surface area (Å²) < 4.78 is 5.61. The van der Waals surface area contributed by atoms with Crippen molar-refractivity contribution in [3.63, 3.8) is 0 Å². The second-order valence-corrected chi connectivity index (χ2v) is 6.24. The van der Waals surface area contributed by atoms with Gasteiger partial charge in [0.05, 0.1) is 0 Å². The molecule has 0 aliphatic carbocycles. The molecule has 0 unspecified atom stereocenters. The van der Waals surface area contributed by atoms with Crippen molar-refractivity contribution < 1.29 is 14.1 Å². The van der Waals surface area contributed by atoms with Crippen LogP contribution in [0.3, 0.4) is 0 Å². The van der Waals surface area contributed by atoms with E-state index >= 15 is 0 Å². The Hall–Kier alpha value is -3.27. The largest absolute Gasteiger partial charge is 0.442 e. The molecular formula is C16H15N5O4S. The molecule has 0 saturated heterocycles. The lowest BCUT2D eigenvalue weighted by Crippen LogP contribution is -2.42. The Morgan fingerprint density at radius 2 is 2.12 bits per heavy atom. The first-order chi connectivity index (χ1) is 12.6. The van der Waals surface area contributed by atoms with Crippen molar-refractivity contribution in [2.24, 2.45) is 0 Å². The van der Waals surface area contributed by atoms with Crippen LogP contribution >= 0.6 is 11.3 Å². The first-order valence-electron chi connectivity index (χ1n) is 7.71. The Morgan fingerprint density at radius 1 is 1.23 bits per heavy atom. The van der Waals surface area contributed by atoms with Crippen molar-refractivity contribution in [1.29, 1.82) is 0 Å². The van der Waals surface area contributed by atoms with Gasteiger partial charge in [0.25, 0.3) is 0 Å². The Labute approximate surface area is 151 Å². The molecule has 3 aromatic rings. The summed E-state index contributed by atoms with van der Waals surface area (Å²) in [5, 5.41) is 10.3. The molecule has 0 bridgehead atoms. The van der Waals surface area contributed by atoms with Gasteiger partial charge in [-0.2, -0.15) is 0 Å². The molecule has 0 spiro atoms. The fraction of sp³-hybridized carbons (Fsp3) is 0.188. The molecule has 0 fully saturated rings. The number of rotatable bonds is 6. The Balaban J connectivity index is 1.56. The van der Waals surface area contributed by atoms with Crippen molar-refractivity contribution in [3.8, 4) is 11.5 Å². The van der Waals surface area contributed by atoms with Gasteiger partial charge in [-0.05, 0) is 30.0 Å². The lowest BCUT2D eigenvalue weighted by Gasteiger charge is -2.07. The van der Waals surface area contributed by atoms with E-state index in [2.05, 4.69) is 25.3 Å². The smallest absolute Gasteiger partial charge is 0.337 e. The van der Waals surface area contributed by atoms with Crippen LogP contribution in [0.2, 0.25) is 0 Å². The monoisotopic (exact) mass is 373 g/mol. The third-order valence-corrected chi connectivity index (χ3v) is 4.31. The average Bonchev–Trinajstić information content (AvgIpc) is 3.26. The number of hydrogen-bond donors (Lipinski definition) is 2. The standard InChI is InChI=1S/C16H15N5O4S/c22-13(19-15(23)18-8-6-11-4-3-9-26-11)10-21-14(20-25-16(21)24)12-5-1-2-7-17-12/h1-5,7,9H,6,8,10H2,(H2,18,19,22,23). The number of imide groups is 1. The van der Waals surface area contributed by atoms with Crippen molar-refractivity contribution in [1.82, 2.24) is 25.3 Å². The second kappa shape index (κ2) is 8.21. The topological polar surface area (TPSA) is 119 Å². The molecule has 9 nitrogen and oxygen atoms in total. The Bertz CT molecular complexity index is 933. The molecule has 2 N–H and O–H groups in total. The van der Waals surface area contributed by atoms with Gasteiger partial charge in [-0.15, -0.1) is 11.3 Å².